The average molecular weight is 875 g/mol. The number of unbranched alkanes of at least 4 members (excludes halogenated alkanes) is 5. The molecule has 5 unspecified atom stereocenters. The summed E-state index contributed by atoms with van der Waals surface area (Å²) in [7, 11) is 3.26. The summed E-state index contributed by atoms with van der Waals surface area (Å²) in [4.78, 5) is 51.1. The van der Waals surface area contributed by atoms with E-state index >= 15 is 0 Å². The number of methoxy groups -OCH3 is 2. The molecule has 63 heavy (non-hydrogen) atoms. The Hall–Kier alpha value is -4.82. The molecule has 2 N–H and O–H groups in total. The van der Waals surface area contributed by atoms with Gasteiger partial charge < -0.3 is 43.7 Å². The maximum absolute atomic E-state index is 13.4. The van der Waals surface area contributed by atoms with Crippen molar-refractivity contribution in [2.45, 2.75) is 116 Å². The number of aliphatic hydroxyl groups excluding tert-OH is 1. The van der Waals surface area contributed by atoms with E-state index in [1.165, 1.54) is 13.8 Å². The highest BCUT2D eigenvalue weighted by atomic mass is 16.7. The normalized spacial score (nSPS) is 18.6. The Morgan fingerprint density at radius 3 is 1.79 bits per heavy atom. The predicted octanol–water partition coefficient (Wildman–Crippen LogP) is 7.38. The number of amides is 2. The summed E-state index contributed by atoms with van der Waals surface area (Å²) in [5.74, 6) is 1.18. The predicted molar refractivity (Wildman–Crippen MR) is 240 cm³/mol. The summed E-state index contributed by atoms with van der Waals surface area (Å²) in [5, 5.41) is 12.9. The number of nitrogens with zero attached hydrogens (tertiary/aromatic N) is 1. The van der Waals surface area contributed by atoms with Crippen LogP contribution >= 0.6 is 0 Å². The second-order valence-corrected chi connectivity index (χ2v) is 16.4. The van der Waals surface area contributed by atoms with Crippen LogP contribution in [0.4, 0.5) is 0 Å². The Balaban J connectivity index is 1.19. The Kier molecular flexibility index (Phi) is 21.6. The molecule has 5 atom stereocenters. The first kappa shape index (κ1) is 50.8. The summed E-state index contributed by atoms with van der Waals surface area (Å²) >= 11 is 0. The lowest BCUT2D eigenvalue weighted by Gasteiger charge is -2.44. The van der Waals surface area contributed by atoms with E-state index in [0.717, 1.165) is 66.7 Å². The SMILES string of the molecule is COc1ccc(C(OCCN(CCO)C(=O)CCCCCCC(=O)CCCCCOC2OC(COC(C)=O)C(C)C(C)C2NC(C)=O)(c2ccccc2)c2ccc(OC)cc2)cc1. The van der Waals surface area contributed by atoms with Gasteiger partial charge in [0.2, 0.25) is 11.8 Å². The molecule has 1 saturated heterocycles. The third-order valence-electron chi connectivity index (χ3n) is 12.0. The van der Waals surface area contributed by atoms with Gasteiger partial charge in [-0.05, 0) is 78.5 Å². The molecule has 13 nitrogen and oxygen atoms in total. The third kappa shape index (κ3) is 15.4. The van der Waals surface area contributed by atoms with Crippen LogP contribution in [0, 0.1) is 11.8 Å². The van der Waals surface area contributed by atoms with Gasteiger partial charge in [0.1, 0.15) is 29.5 Å². The molecule has 0 bridgehead atoms. The number of aliphatic hydroxyl groups is 1. The van der Waals surface area contributed by atoms with Gasteiger partial charge in [-0.25, -0.2) is 0 Å². The van der Waals surface area contributed by atoms with Gasteiger partial charge in [-0.3, -0.25) is 19.2 Å². The van der Waals surface area contributed by atoms with Crippen molar-refractivity contribution in [1.29, 1.82) is 0 Å². The third-order valence-corrected chi connectivity index (χ3v) is 12.0. The number of hydrogen-bond acceptors (Lipinski definition) is 11. The Morgan fingerprint density at radius 2 is 1.25 bits per heavy atom. The van der Waals surface area contributed by atoms with Crippen LogP contribution in [-0.2, 0) is 43.7 Å². The highest BCUT2D eigenvalue weighted by molar-refractivity contribution is 5.78. The second-order valence-electron chi connectivity index (χ2n) is 16.4. The van der Waals surface area contributed by atoms with E-state index in [2.05, 4.69) is 5.32 Å². The van der Waals surface area contributed by atoms with E-state index in [-0.39, 0.29) is 73.9 Å². The van der Waals surface area contributed by atoms with Gasteiger partial charge in [0.25, 0.3) is 0 Å². The largest absolute Gasteiger partial charge is 0.497 e. The van der Waals surface area contributed by atoms with Gasteiger partial charge in [0.15, 0.2) is 6.29 Å². The molecule has 3 aromatic carbocycles. The second kappa shape index (κ2) is 26.7. The summed E-state index contributed by atoms with van der Waals surface area (Å²) in [6, 6.07) is 25.3. The van der Waals surface area contributed by atoms with Gasteiger partial charge in [-0.15, -0.1) is 0 Å². The standard InChI is InChI=1S/C50H70N2O11/c1-36-37(2)48(51-38(3)54)49(63-46(36)35-61-39(4)55)60-33-16-10-14-20-43(56)19-13-7-8-15-21-47(57)52(30-32-53)31-34-62-50(40-17-11-9-12-18-40,41-22-26-44(58-5)27-23-41)42-24-28-45(59-6)29-25-42/h9,11-12,17-18,22-29,36-37,46,48-49,53H,7-8,10,13-16,19-21,30-35H2,1-6H3,(H,51,54). The molecule has 1 fully saturated rings. The molecule has 0 spiro atoms. The van der Waals surface area contributed by atoms with Crippen LogP contribution in [0.1, 0.15) is 109 Å². The zero-order valence-corrected chi connectivity index (χ0v) is 38.2. The van der Waals surface area contributed by atoms with Gasteiger partial charge in [0, 0.05) is 52.8 Å². The zero-order chi connectivity index (χ0) is 45.6. The van der Waals surface area contributed by atoms with E-state index < -0.39 is 11.9 Å². The average Bonchev–Trinajstić information content (AvgIpc) is 3.29. The number of hydrogen-bond donors (Lipinski definition) is 2. The van der Waals surface area contributed by atoms with Crippen LogP contribution in [0.15, 0.2) is 78.9 Å². The van der Waals surface area contributed by atoms with Crippen molar-refractivity contribution in [3.63, 3.8) is 0 Å². The fraction of sp³-hybridized carbons (Fsp3) is 0.560. The molecular formula is C50H70N2O11. The lowest BCUT2D eigenvalue weighted by atomic mass is 9.80. The number of ether oxygens (including phenoxy) is 6. The number of carbonyl (C=O) groups excluding carboxylic acids is 4. The molecule has 3 aromatic rings. The van der Waals surface area contributed by atoms with Crippen LogP contribution < -0.4 is 14.8 Å². The summed E-state index contributed by atoms with van der Waals surface area (Å²) in [5.41, 5.74) is 1.70. The molecule has 1 aliphatic heterocycles. The Morgan fingerprint density at radius 1 is 0.698 bits per heavy atom. The minimum absolute atomic E-state index is 0.0413. The molecule has 13 heteroatoms. The monoisotopic (exact) mass is 874 g/mol. The molecule has 1 heterocycles. The van der Waals surface area contributed by atoms with Crippen molar-refractivity contribution in [3.05, 3.63) is 95.6 Å². The van der Waals surface area contributed by atoms with Crippen LogP contribution in [0.3, 0.4) is 0 Å². The van der Waals surface area contributed by atoms with E-state index in [1.807, 2.05) is 92.7 Å². The summed E-state index contributed by atoms with van der Waals surface area (Å²) in [6.07, 6.45) is 5.83. The number of ketones is 1. The van der Waals surface area contributed by atoms with Gasteiger partial charge in [-0.1, -0.05) is 87.7 Å². The molecule has 1 aliphatic rings. The molecule has 0 aromatic heterocycles. The molecular weight excluding hydrogens is 805 g/mol. The minimum Gasteiger partial charge on any atom is -0.497 e. The molecule has 0 radical (unpaired) electrons. The van der Waals surface area contributed by atoms with Crippen molar-refractivity contribution in [2.75, 3.05) is 53.7 Å². The number of nitrogens with one attached hydrogen (secondary N) is 1. The smallest absolute Gasteiger partial charge is 0.302 e. The minimum atomic E-state index is -1.01. The fourth-order valence-electron chi connectivity index (χ4n) is 8.16. The summed E-state index contributed by atoms with van der Waals surface area (Å²) < 4.78 is 35.3. The van der Waals surface area contributed by atoms with E-state index in [0.29, 0.717) is 38.8 Å². The van der Waals surface area contributed by atoms with Crippen molar-refractivity contribution in [1.82, 2.24) is 10.2 Å². The molecule has 0 saturated carbocycles. The van der Waals surface area contributed by atoms with E-state index in [9.17, 15) is 24.3 Å². The van der Waals surface area contributed by atoms with Gasteiger partial charge >= 0.3 is 5.97 Å². The molecule has 2 amide bonds. The number of carbonyl (C=O) groups is 4. The van der Waals surface area contributed by atoms with Crippen molar-refractivity contribution >= 4 is 23.6 Å². The van der Waals surface area contributed by atoms with Gasteiger partial charge in [-0.2, -0.15) is 0 Å². The maximum Gasteiger partial charge on any atom is 0.302 e. The highest BCUT2D eigenvalue weighted by Crippen LogP contribution is 2.41. The number of esters is 1. The van der Waals surface area contributed by atoms with Crippen LogP contribution in [-0.4, -0.2) is 106 Å². The van der Waals surface area contributed by atoms with Crippen LogP contribution in [0.2, 0.25) is 0 Å². The summed E-state index contributed by atoms with van der Waals surface area (Å²) in [6.45, 7) is 7.97. The highest BCUT2D eigenvalue weighted by Gasteiger charge is 2.43. The van der Waals surface area contributed by atoms with Gasteiger partial charge in [0.05, 0.1) is 39.6 Å². The molecule has 346 valence electrons. The lowest BCUT2D eigenvalue weighted by Crippen LogP contribution is -2.58. The maximum atomic E-state index is 13.4. The van der Waals surface area contributed by atoms with Crippen molar-refractivity contribution in [3.8, 4) is 11.5 Å². The van der Waals surface area contributed by atoms with Crippen LogP contribution in [0.5, 0.6) is 11.5 Å². The number of Topliss-reactive ketones (excluding diaryl/α,β-unsaturated/α-hetero) is 1. The lowest BCUT2D eigenvalue weighted by molar-refractivity contribution is -0.244. The quantitative estimate of drug-likeness (QED) is 0.0426. The molecule has 4 rings (SSSR count). The Bertz CT molecular complexity index is 1770. The zero-order valence-electron chi connectivity index (χ0n) is 38.2. The van der Waals surface area contributed by atoms with Crippen molar-refractivity contribution < 1.29 is 52.7 Å². The first-order chi connectivity index (χ1) is 30.4. The Labute approximate surface area is 374 Å². The number of benzene rings is 3. The number of rotatable bonds is 28. The van der Waals surface area contributed by atoms with E-state index in [1.54, 1.807) is 19.1 Å². The van der Waals surface area contributed by atoms with Crippen molar-refractivity contribution in [2.24, 2.45) is 11.8 Å². The molecule has 0 aliphatic carbocycles. The van der Waals surface area contributed by atoms with Crippen LogP contribution in [0.25, 0.3) is 0 Å². The topological polar surface area (TPSA) is 159 Å². The van der Waals surface area contributed by atoms with E-state index in [4.69, 9.17) is 28.4 Å². The first-order valence-corrected chi connectivity index (χ1v) is 22.5. The fourth-order valence-corrected chi connectivity index (χ4v) is 8.16. The first-order valence-electron chi connectivity index (χ1n) is 22.5.